The molecule has 0 fully saturated rings. The molecule has 2 heterocycles. The fraction of sp³-hybridized carbons (Fsp3) is 0.480. The van der Waals surface area contributed by atoms with Crippen LogP contribution in [0.1, 0.15) is 77.5 Å². The van der Waals surface area contributed by atoms with Crippen molar-refractivity contribution in [3.8, 4) is 0 Å². The quantitative estimate of drug-likeness (QED) is 0.527. The Morgan fingerprint density at radius 3 is 2.25 bits per heavy atom. The van der Waals surface area contributed by atoms with E-state index < -0.39 is 23.2 Å². The second-order valence-electron chi connectivity index (χ2n) is 7.98. The van der Waals surface area contributed by atoms with Crippen LogP contribution < -0.4 is 11.1 Å². The standard InChI is InChI=1S/C18H18ClFN6O2.C3H8O.2C2H6/c1-18(2)14(25-17(21)26(3)16(18)28)10-6-9(4-5-11(10)20)24-15(27)12-7-23-13(19)8-22-12;1-3(2)4;2*1-2/h4-8,14H,1-3H3,(H2,21,25)(H,24,27);3-4H,1-2H3;2*1-2H3. The van der Waals surface area contributed by atoms with E-state index in [1.54, 1.807) is 27.7 Å². The number of aliphatic hydroxyl groups is 1. The van der Waals surface area contributed by atoms with Crippen molar-refractivity contribution < 1.29 is 19.1 Å². The summed E-state index contributed by atoms with van der Waals surface area (Å²) in [6.07, 6.45) is 2.31. The van der Waals surface area contributed by atoms with Gasteiger partial charge in [-0.25, -0.2) is 19.4 Å². The van der Waals surface area contributed by atoms with E-state index in [4.69, 9.17) is 22.4 Å². The zero-order valence-electron chi connectivity index (χ0n) is 22.4. The van der Waals surface area contributed by atoms with Crippen LogP contribution in [0.3, 0.4) is 0 Å². The van der Waals surface area contributed by atoms with Gasteiger partial charge in [-0.2, -0.15) is 0 Å². The Hall–Kier alpha value is -3.11. The highest BCUT2D eigenvalue weighted by Gasteiger charge is 2.45. The van der Waals surface area contributed by atoms with Crippen molar-refractivity contribution in [2.45, 2.75) is 67.5 Å². The smallest absolute Gasteiger partial charge is 0.275 e. The number of aromatic nitrogens is 2. The Morgan fingerprint density at radius 2 is 1.75 bits per heavy atom. The van der Waals surface area contributed by atoms with E-state index in [2.05, 4.69) is 20.3 Å². The minimum Gasteiger partial charge on any atom is -0.394 e. The van der Waals surface area contributed by atoms with Crippen molar-refractivity contribution in [3.05, 3.63) is 52.8 Å². The van der Waals surface area contributed by atoms with Gasteiger partial charge in [0.15, 0.2) is 5.96 Å². The third-order valence-corrected chi connectivity index (χ3v) is 4.74. The van der Waals surface area contributed by atoms with Gasteiger partial charge >= 0.3 is 0 Å². The van der Waals surface area contributed by atoms with E-state index in [9.17, 15) is 14.0 Å². The SMILES string of the molecule is CC.CC.CC(C)O.CN1C(=O)C(C)(C)C(c2cc(NC(=O)c3cnc(Cl)cn3)ccc2F)N=C1N. The van der Waals surface area contributed by atoms with Crippen LogP contribution in [0.2, 0.25) is 5.15 Å². The van der Waals surface area contributed by atoms with E-state index in [1.165, 1.54) is 42.5 Å². The molecule has 2 aromatic rings. The molecule has 1 aliphatic rings. The average Bonchev–Trinajstić information content (AvgIpc) is 2.84. The largest absolute Gasteiger partial charge is 0.394 e. The number of hydrogen-bond donors (Lipinski definition) is 3. The molecule has 2 amide bonds. The normalized spacial score (nSPS) is 15.8. The predicted octanol–water partition coefficient (Wildman–Crippen LogP) is 4.81. The first-order valence-electron chi connectivity index (χ1n) is 11.7. The number of halogens is 2. The molecule has 4 N–H and O–H groups in total. The molecule has 0 aliphatic carbocycles. The highest BCUT2D eigenvalue weighted by molar-refractivity contribution is 6.29. The lowest BCUT2D eigenvalue weighted by Crippen LogP contribution is -2.51. The van der Waals surface area contributed by atoms with E-state index in [-0.39, 0.29) is 34.4 Å². The number of carbonyl (C=O) groups is 2. The number of aliphatic hydroxyl groups excluding tert-OH is 1. The molecule has 1 aliphatic heterocycles. The number of anilines is 1. The van der Waals surface area contributed by atoms with Crippen molar-refractivity contribution in [2.75, 3.05) is 12.4 Å². The Bertz CT molecular complexity index is 1030. The van der Waals surface area contributed by atoms with Gasteiger partial charge in [0.25, 0.3) is 5.91 Å². The summed E-state index contributed by atoms with van der Waals surface area (Å²) in [5.74, 6) is -1.38. The van der Waals surface area contributed by atoms with Crippen LogP contribution in [-0.2, 0) is 4.79 Å². The van der Waals surface area contributed by atoms with Crippen LogP contribution in [0, 0.1) is 11.2 Å². The minimum absolute atomic E-state index is 0.000368. The molecular weight excluding hydrogens is 487 g/mol. The molecule has 0 radical (unpaired) electrons. The van der Waals surface area contributed by atoms with Crippen molar-refractivity contribution in [1.29, 1.82) is 0 Å². The van der Waals surface area contributed by atoms with Crippen molar-refractivity contribution in [1.82, 2.24) is 14.9 Å². The third kappa shape index (κ3) is 8.83. The number of amides is 2. The topological polar surface area (TPSA) is 134 Å². The van der Waals surface area contributed by atoms with Crippen LogP contribution in [0.4, 0.5) is 10.1 Å². The molecule has 0 bridgehead atoms. The lowest BCUT2D eigenvalue weighted by Gasteiger charge is -2.38. The van der Waals surface area contributed by atoms with Gasteiger partial charge in [-0.3, -0.25) is 14.5 Å². The van der Waals surface area contributed by atoms with E-state index in [0.29, 0.717) is 5.69 Å². The second-order valence-corrected chi connectivity index (χ2v) is 8.37. The van der Waals surface area contributed by atoms with Gasteiger partial charge in [-0.15, -0.1) is 0 Å². The third-order valence-electron chi connectivity index (χ3n) is 4.55. The molecule has 200 valence electrons. The number of benzene rings is 1. The first-order valence-corrected chi connectivity index (χ1v) is 12.1. The second kappa shape index (κ2) is 15.1. The van der Waals surface area contributed by atoms with Crippen LogP contribution in [0.5, 0.6) is 0 Å². The molecule has 36 heavy (non-hydrogen) atoms. The van der Waals surface area contributed by atoms with E-state index in [1.807, 2.05) is 27.7 Å². The molecule has 3 rings (SSSR count). The molecule has 1 aromatic carbocycles. The number of nitrogens with two attached hydrogens (primary N) is 1. The zero-order valence-corrected chi connectivity index (χ0v) is 23.2. The van der Waals surface area contributed by atoms with E-state index >= 15 is 0 Å². The maximum Gasteiger partial charge on any atom is 0.275 e. The fourth-order valence-corrected chi connectivity index (χ4v) is 3.05. The summed E-state index contributed by atoms with van der Waals surface area (Å²) in [7, 11) is 1.51. The lowest BCUT2D eigenvalue weighted by molar-refractivity contribution is -0.137. The Morgan fingerprint density at radius 1 is 1.19 bits per heavy atom. The monoisotopic (exact) mass is 524 g/mol. The first kappa shape index (κ1) is 32.9. The average molecular weight is 525 g/mol. The van der Waals surface area contributed by atoms with Crippen LogP contribution in [0.15, 0.2) is 35.6 Å². The van der Waals surface area contributed by atoms with Crippen molar-refractivity contribution in [3.63, 3.8) is 0 Å². The summed E-state index contributed by atoms with van der Waals surface area (Å²) in [6, 6.07) is 3.18. The predicted molar refractivity (Wildman–Crippen MR) is 142 cm³/mol. The van der Waals surface area contributed by atoms with Crippen molar-refractivity contribution in [2.24, 2.45) is 16.1 Å². The van der Waals surface area contributed by atoms with Gasteiger partial charge in [0.2, 0.25) is 5.91 Å². The number of nitrogens with zero attached hydrogens (tertiary/aromatic N) is 4. The van der Waals surface area contributed by atoms with Crippen LogP contribution >= 0.6 is 11.6 Å². The molecule has 0 saturated carbocycles. The van der Waals surface area contributed by atoms with Crippen LogP contribution in [0.25, 0.3) is 0 Å². The molecular formula is C25H38ClFN6O3. The number of aliphatic imine (C=N–C) groups is 1. The molecule has 9 nitrogen and oxygen atoms in total. The molecule has 0 saturated heterocycles. The Labute approximate surface area is 218 Å². The summed E-state index contributed by atoms with van der Waals surface area (Å²) in [5, 5.41) is 10.8. The number of rotatable bonds is 3. The Kier molecular flexibility index (Phi) is 13.8. The zero-order chi connectivity index (χ0) is 28.2. The number of carbonyl (C=O) groups excluding carboxylic acids is 2. The van der Waals surface area contributed by atoms with Gasteiger partial charge in [0.1, 0.15) is 16.7 Å². The maximum atomic E-state index is 14.6. The number of hydrogen-bond acceptors (Lipinski definition) is 7. The van der Waals surface area contributed by atoms with Crippen LogP contribution in [-0.4, -0.2) is 50.9 Å². The van der Waals surface area contributed by atoms with Gasteiger partial charge < -0.3 is 16.2 Å². The highest BCUT2D eigenvalue weighted by Crippen LogP contribution is 2.42. The lowest BCUT2D eigenvalue weighted by atomic mass is 9.78. The van der Waals surface area contributed by atoms with Gasteiger partial charge in [-0.1, -0.05) is 39.3 Å². The molecule has 1 unspecified atom stereocenters. The number of nitrogens with one attached hydrogen (secondary N) is 1. The summed E-state index contributed by atoms with van der Waals surface area (Å²) in [5.41, 5.74) is 5.30. The van der Waals surface area contributed by atoms with Crippen molar-refractivity contribution >= 4 is 35.1 Å². The number of guanidine groups is 1. The summed E-state index contributed by atoms with van der Waals surface area (Å²) < 4.78 is 14.6. The van der Waals surface area contributed by atoms with Gasteiger partial charge in [0, 0.05) is 24.4 Å². The summed E-state index contributed by atoms with van der Waals surface area (Å²) in [4.78, 5) is 38.1. The fourth-order valence-electron chi connectivity index (χ4n) is 2.95. The van der Waals surface area contributed by atoms with Gasteiger partial charge in [0.05, 0.1) is 23.9 Å². The maximum absolute atomic E-state index is 14.6. The molecule has 1 aromatic heterocycles. The first-order chi connectivity index (χ1) is 16.8. The molecule has 11 heteroatoms. The summed E-state index contributed by atoms with van der Waals surface area (Å²) in [6.45, 7) is 14.8. The van der Waals surface area contributed by atoms with E-state index in [0.717, 1.165) is 0 Å². The molecule has 0 spiro atoms. The molecule has 1 atom stereocenters. The summed E-state index contributed by atoms with van der Waals surface area (Å²) >= 11 is 5.66. The highest BCUT2D eigenvalue weighted by atomic mass is 35.5. The minimum atomic E-state index is -1.03. The van der Waals surface area contributed by atoms with Gasteiger partial charge in [-0.05, 0) is 45.9 Å². The Balaban J connectivity index is 0.00000137.